The van der Waals surface area contributed by atoms with Crippen LogP contribution in [0.25, 0.3) is 5.69 Å². The molecule has 2 aromatic carbocycles. The highest BCUT2D eigenvalue weighted by Crippen LogP contribution is 2.36. The minimum atomic E-state index is -4.69. The number of aliphatic hydroxyl groups is 1. The molecule has 2 aromatic heterocycles. The number of halogens is 6. The van der Waals surface area contributed by atoms with Crippen molar-refractivity contribution in [1.82, 2.24) is 23.9 Å². The van der Waals surface area contributed by atoms with Crippen LogP contribution in [0.4, 0.5) is 26.3 Å². The van der Waals surface area contributed by atoms with Gasteiger partial charge in [0.15, 0.2) is 0 Å². The van der Waals surface area contributed by atoms with E-state index >= 15 is 0 Å². The van der Waals surface area contributed by atoms with Crippen molar-refractivity contribution in [1.29, 1.82) is 0 Å². The number of imidazole rings is 1. The van der Waals surface area contributed by atoms with E-state index in [4.69, 9.17) is 0 Å². The van der Waals surface area contributed by atoms with Gasteiger partial charge in [0.1, 0.15) is 35.6 Å². The number of hydrogen-bond acceptors (Lipinski definition) is 5. The Morgan fingerprint density at radius 3 is 2.38 bits per heavy atom. The molecule has 0 saturated heterocycles. The van der Waals surface area contributed by atoms with Gasteiger partial charge in [-0.1, -0.05) is 6.07 Å². The van der Waals surface area contributed by atoms with Gasteiger partial charge < -0.3 is 9.84 Å². The Morgan fingerprint density at radius 2 is 1.78 bits per heavy atom. The maximum Gasteiger partial charge on any atom is 0.461 e. The van der Waals surface area contributed by atoms with E-state index in [9.17, 15) is 36.2 Å². The van der Waals surface area contributed by atoms with Gasteiger partial charge in [0.25, 0.3) is 0 Å². The zero-order valence-electron chi connectivity index (χ0n) is 19.0. The Hall–Kier alpha value is -4.07. The first-order chi connectivity index (χ1) is 17.4. The van der Waals surface area contributed by atoms with Crippen LogP contribution in [0.1, 0.15) is 18.5 Å². The number of alkyl halides is 4. The summed E-state index contributed by atoms with van der Waals surface area (Å²) in [5.41, 5.74) is -2.95. The van der Waals surface area contributed by atoms with Gasteiger partial charge in [0, 0.05) is 24.0 Å². The number of ether oxygens (including phenoxy) is 1. The molecule has 4 rings (SSSR count). The summed E-state index contributed by atoms with van der Waals surface area (Å²) in [6, 6.07) is 5.83. The lowest BCUT2D eigenvalue weighted by Gasteiger charge is -2.35. The first-order valence-electron chi connectivity index (χ1n) is 10.7. The predicted octanol–water partition coefficient (Wildman–Crippen LogP) is 3.89. The first kappa shape index (κ1) is 26.0. The average molecular weight is 527 g/mol. The fourth-order valence-electron chi connectivity index (χ4n) is 3.83. The van der Waals surface area contributed by atoms with E-state index < -0.39 is 47.3 Å². The van der Waals surface area contributed by atoms with Crippen molar-refractivity contribution in [3.63, 3.8) is 0 Å². The first-order valence-corrected chi connectivity index (χ1v) is 10.7. The van der Waals surface area contributed by atoms with Crippen LogP contribution in [0.15, 0.2) is 72.3 Å². The highest BCUT2D eigenvalue weighted by molar-refractivity contribution is 5.37. The molecule has 0 unspecified atom stereocenters. The fraction of sp³-hybridized carbons (Fsp3) is 0.261. The number of hydrogen-bond donors (Lipinski definition) is 1. The van der Waals surface area contributed by atoms with Gasteiger partial charge in [-0.3, -0.25) is 9.13 Å². The van der Waals surface area contributed by atoms with Crippen LogP contribution >= 0.6 is 0 Å². The summed E-state index contributed by atoms with van der Waals surface area (Å²) in [5.74, 6) is -2.46. The van der Waals surface area contributed by atoms with Crippen molar-refractivity contribution in [2.24, 2.45) is 0 Å². The van der Waals surface area contributed by atoms with Gasteiger partial charge in [-0.05, 0) is 37.3 Å². The third-order valence-corrected chi connectivity index (χ3v) is 5.80. The van der Waals surface area contributed by atoms with Gasteiger partial charge in [0.05, 0.1) is 18.3 Å². The molecule has 2 atom stereocenters. The summed E-state index contributed by atoms with van der Waals surface area (Å²) in [7, 11) is 0. The molecule has 196 valence electrons. The molecule has 0 amide bonds. The van der Waals surface area contributed by atoms with E-state index in [2.05, 4.69) is 14.8 Å². The molecule has 4 aromatic rings. The van der Waals surface area contributed by atoms with Crippen molar-refractivity contribution in [3.8, 4) is 11.4 Å². The van der Waals surface area contributed by atoms with Gasteiger partial charge >= 0.3 is 18.2 Å². The lowest BCUT2D eigenvalue weighted by Crippen LogP contribution is -2.43. The topological polar surface area (TPSA) is 87.1 Å². The second kappa shape index (κ2) is 9.76. The van der Waals surface area contributed by atoms with Crippen LogP contribution in [-0.2, 0) is 12.1 Å². The van der Waals surface area contributed by atoms with Crippen LogP contribution in [0.5, 0.6) is 5.75 Å². The molecule has 0 saturated carbocycles. The van der Waals surface area contributed by atoms with E-state index in [1.807, 2.05) is 0 Å². The van der Waals surface area contributed by atoms with Crippen molar-refractivity contribution in [2.75, 3.05) is 0 Å². The Bertz CT molecular complexity index is 1420. The van der Waals surface area contributed by atoms with Crippen molar-refractivity contribution < 1.29 is 36.2 Å². The maximum absolute atomic E-state index is 14.8. The summed E-state index contributed by atoms with van der Waals surface area (Å²) in [5, 5.41) is 15.6. The summed E-state index contributed by atoms with van der Waals surface area (Å²) >= 11 is 0. The van der Waals surface area contributed by atoms with Crippen molar-refractivity contribution in [2.45, 2.75) is 37.6 Å². The van der Waals surface area contributed by atoms with Crippen LogP contribution in [0, 0.1) is 11.6 Å². The maximum atomic E-state index is 14.8. The fourth-order valence-corrected chi connectivity index (χ4v) is 3.83. The molecular weight excluding hydrogens is 508 g/mol. The largest absolute Gasteiger partial charge is 0.461 e. The quantitative estimate of drug-likeness (QED) is 0.334. The van der Waals surface area contributed by atoms with Gasteiger partial charge in [-0.15, -0.1) is 0 Å². The lowest BCUT2D eigenvalue weighted by molar-refractivity contribution is -0.253. The minimum absolute atomic E-state index is 0.163. The smallest absolute Gasteiger partial charge is 0.428 e. The van der Waals surface area contributed by atoms with Crippen molar-refractivity contribution >= 4 is 0 Å². The van der Waals surface area contributed by atoms with E-state index in [-0.39, 0.29) is 17.8 Å². The number of nitrogens with zero attached hydrogens (tertiary/aromatic N) is 5. The van der Waals surface area contributed by atoms with E-state index in [1.54, 1.807) is 0 Å². The zero-order valence-corrected chi connectivity index (χ0v) is 19.0. The van der Waals surface area contributed by atoms with Crippen LogP contribution in [0.2, 0.25) is 0 Å². The number of rotatable bonds is 9. The monoisotopic (exact) mass is 527 g/mol. The van der Waals surface area contributed by atoms with E-state index in [0.717, 1.165) is 33.4 Å². The molecule has 37 heavy (non-hydrogen) atoms. The summed E-state index contributed by atoms with van der Waals surface area (Å²) in [4.78, 5) is 17.0. The molecule has 1 N–H and O–H groups in total. The highest BCUT2D eigenvalue weighted by Gasteiger charge is 2.44. The zero-order chi connectivity index (χ0) is 27.0. The highest BCUT2D eigenvalue weighted by atomic mass is 19.3. The molecule has 2 heterocycles. The van der Waals surface area contributed by atoms with Crippen molar-refractivity contribution in [3.05, 3.63) is 95.2 Å². The molecule has 0 radical (unpaired) electrons. The Morgan fingerprint density at radius 1 is 1.08 bits per heavy atom. The average Bonchev–Trinajstić information content (AvgIpc) is 3.48. The van der Waals surface area contributed by atoms with E-state index in [0.29, 0.717) is 6.07 Å². The van der Waals surface area contributed by atoms with Gasteiger partial charge in [-0.2, -0.15) is 22.7 Å². The SMILES string of the molecule is C[C@@H](n1ccn(-c2ccc(OC(F)(F)C(F)F)cc2)c1=O)[C@](O)(Cn1cncn1)c1ccc(F)cc1F. The standard InChI is InChI=1S/C23H19F6N5O3/c1-14(22(36,11-32-13-30-12-31-32)18-7-2-15(24)10-19(18)25)33-8-9-34(21(33)35)16-3-5-17(6-4-16)37-23(28,29)20(26)27/h2-10,12-14,20,36H,11H2,1H3/t14-,22-/m1/s1. The molecule has 0 aliphatic heterocycles. The molecule has 0 bridgehead atoms. The third-order valence-electron chi connectivity index (χ3n) is 5.80. The normalized spacial score (nSPS) is 14.5. The molecule has 8 nitrogen and oxygen atoms in total. The number of aromatic nitrogens is 5. The predicted molar refractivity (Wildman–Crippen MR) is 117 cm³/mol. The summed E-state index contributed by atoms with van der Waals surface area (Å²) < 4.78 is 86.7. The Kier molecular flexibility index (Phi) is 6.86. The second-order valence-corrected chi connectivity index (χ2v) is 8.13. The van der Waals surface area contributed by atoms with E-state index in [1.165, 1.54) is 48.8 Å². The van der Waals surface area contributed by atoms with Crippen LogP contribution < -0.4 is 10.4 Å². The molecular formula is C23H19F6N5O3. The van der Waals surface area contributed by atoms with Crippen LogP contribution in [0.3, 0.4) is 0 Å². The Balaban J connectivity index is 1.69. The lowest BCUT2D eigenvalue weighted by atomic mass is 9.86. The summed E-state index contributed by atoms with van der Waals surface area (Å²) in [6.07, 6.45) is -3.66. The second-order valence-electron chi connectivity index (χ2n) is 8.13. The van der Waals surface area contributed by atoms with Crippen LogP contribution in [-0.4, -0.2) is 41.5 Å². The third kappa shape index (κ3) is 5.09. The minimum Gasteiger partial charge on any atom is -0.428 e. The Labute approximate surface area is 205 Å². The number of benzene rings is 2. The molecule has 0 aliphatic rings. The van der Waals surface area contributed by atoms with Gasteiger partial charge in [0.2, 0.25) is 0 Å². The molecule has 14 heteroatoms. The van der Waals surface area contributed by atoms with Gasteiger partial charge in [-0.25, -0.2) is 23.2 Å². The molecule has 0 spiro atoms. The molecule has 0 aliphatic carbocycles. The summed E-state index contributed by atoms with van der Waals surface area (Å²) in [6.45, 7) is 1.09. The molecule has 0 fully saturated rings.